The van der Waals surface area contributed by atoms with Gasteiger partial charge in [0.1, 0.15) is 0 Å². The van der Waals surface area contributed by atoms with E-state index < -0.39 is 5.60 Å². The zero-order valence-electron chi connectivity index (χ0n) is 15.4. The van der Waals surface area contributed by atoms with Gasteiger partial charge in [0.05, 0.1) is 24.2 Å². The molecule has 1 spiro atoms. The minimum atomic E-state index is -0.643. The van der Waals surface area contributed by atoms with E-state index in [-0.39, 0.29) is 11.5 Å². The van der Waals surface area contributed by atoms with Crippen LogP contribution < -0.4 is 0 Å². The van der Waals surface area contributed by atoms with Crippen LogP contribution in [-0.4, -0.2) is 46.8 Å². The second-order valence-electron chi connectivity index (χ2n) is 8.19. The highest BCUT2D eigenvalue weighted by Crippen LogP contribution is 2.39. The van der Waals surface area contributed by atoms with E-state index >= 15 is 0 Å². The number of ether oxygens (including phenoxy) is 1. The van der Waals surface area contributed by atoms with E-state index in [2.05, 4.69) is 24.3 Å². The molecule has 4 rings (SSSR count). The maximum atomic E-state index is 12.7. The van der Waals surface area contributed by atoms with Gasteiger partial charge >= 0.3 is 0 Å². The molecule has 1 amide bonds. The predicted octanol–water partition coefficient (Wildman–Crippen LogP) is 3.30. The Morgan fingerprint density at radius 1 is 1.12 bits per heavy atom. The molecule has 0 radical (unpaired) electrons. The van der Waals surface area contributed by atoms with Gasteiger partial charge in [-0.1, -0.05) is 42.5 Å². The third kappa shape index (κ3) is 3.62. The van der Waals surface area contributed by atoms with Crippen LogP contribution in [0.5, 0.6) is 0 Å². The van der Waals surface area contributed by atoms with E-state index in [1.54, 1.807) is 0 Å². The van der Waals surface area contributed by atoms with Crippen LogP contribution in [0.3, 0.4) is 0 Å². The Labute approximate surface area is 154 Å². The van der Waals surface area contributed by atoms with Crippen LogP contribution in [0.2, 0.25) is 0 Å². The molecule has 2 aromatic carbocycles. The molecule has 26 heavy (non-hydrogen) atoms. The number of hydrogen-bond donors (Lipinski definition) is 1. The molecule has 2 saturated heterocycles. The molecule has 4 heteroatoms. The molecule has 2 aliphatic rings. The fourth-order valence-electron chi connectivity index (χ4n) is 4.44. The highest BCUT2D eigenvalue weighted by Gasteiger charge is 2.44. The van der Waals surface area contributed by atoms with E-state index in [0.29, 0.717) is 39.0 Å². The summed E-state index contributed by atoms with van der Waals surface area (Å²) in [4.78, 5) is 14.7. The fraction of sp³-hybridized carbons (Fsp3) is 0.500. The molecule has 138 valence electrons. The number of benzene rings is 2. The van der Waals surface area contributed by atoms with Crippen molar-refractivity contribution in [3.63, 3.8) is 0 Å². The summed E-state index contributed by atoms with van der Waals surface area (Å²) in [5.74, 6) is 0.178. The SMILES string of the molecule is CC1(O)CCOC2(CCN(C(=O)Cc3ccc4ccccc4c3)CC2)C1. The highest BCUT2D eigenvalue weighted by atomic mass is 16.5. The Bertz CT molecular complexity index is 806. The fourth-order valence-corrected chi connectivity index (χ4v) is 4.44. The molecule has 0 bridgehead atoms. The van der Waals surface area contributed by atoms with Crippen LogP contribution in [0.25, 0.3) is 10.8 Å². The van der Waals surface area contributed by atoms with Crippen LogP contribution in [0.4, 0.5) is 0 Å². The first-order valence-electron chi connectivity index (χ1n) is 9.57. The smallest absolute Gasteiger partial charge is 0.226 e. The zero-order valence-corrected chi connectivity index (χ0v) is 15.4. The molecule has 2 fully saturated rings. The monoisotopic (exact) mass is 353 g/mol. The minimum absolute atomic E-state index is 0.178. The lowest BCUT2D eigenvalue weighted by atomic mass is 9.78. The van der Waals surface area contributed by atoms with Gasteiger partial charge in [-0.3, -0.25) is 4.79 Å². The maximum absolute atomic E-state index is 12.7. The van der Waals surface area contributed by atoms with Crippen molar-refractivity contribution < 1.29 is 14.6 Å². The van der Waals surface area contributed by atoms with E-state index in [4.69, 9.17) is 4.74 Å². The van der Waals surface area contributed by atoms with Crippen molar-refractivity contribution in [2.45, 2.75) is 50.2 Å². The molecule has 2 aromatic rings. The van der Waals surface area contributed by atoms with Gasteiger partial charge in [-0.2, -0.15) is 0 Å². The van der Waals surface area contributed by atoms with Crippen molar-refractivity contribution in [3.05, 3.63) is 48.0 Å². The molecular weight excluding hydrogens is 326 g/mol. The number of rotatable bonds is 2. The van der Waals surface area contributed by atoms with Crippen LogP contribution in [0.15, 0.2) is 42.5 Å². The average molecular weight is 353 g/mol. The number of aliphatic hydroxyl groups is 1. The van der Waals surface area contributed by atoms with E-state index in [1.165, 1.54) is 10.8 Å². The van der Waals surface area contributed by atoms with Gasteiger partial charge in [-0.05, 0) is 42.5 Å². The lowest BCUT2D eigenvalue weighted by Gasteiger charge is -2.48. The van der Waals surface area contributed by atoms with Crippen molar-refractivity contribution in [1.29, 1.82) is 0 Å². The molecular formula is C22H27NO3. The van der Waals surface area contributed by atoms with Crippen molar-refractivity contribution in [2.24, 2.45) is 0 Å². The van der Waals surface area contributed by atoms with Gasteiger partial charge in [-0.15, -0.1) is 0 Å². The Morgan fingerprint density at radius 3 is 2.58 bits per heavy atom. The first kappa shape index (κ1) is 17.5. The second kappa shape index (κ2) is 6.67. The zero-order chi connectivity index (χ0) is 18.2. The van der Waals surface area contributed by atoms with Crippen molar-refractivity contribution >= 4 is 16.7 Å². The van der Waals surface area contributed by atoms with Crippen LogP contribution in [0.1, 0.15) is 38.2 Å². The Kier molecular flexibility index (Phi) is 4.49. The third-order valence-electron chi connectivity index (χ3n) is 5.95. The summed E-state index contributed by atoms with van der Waals surface area (Å²) in [6.07, 6.45) is 3.43. The van der Waals surface area contributed by atoms with E-state index in [0.717, 1.165) is 18.4 Å². The maximum Gasteiger partial charge on any atom is 0.226 e. The van der Waals surface area contributed by atoms with Crippen LogP contribution in [-0.2, 0) is 16.0 Å². The van der Waals surface area contributed by atoms with E-state index in [9.17, 15) is 9.90 Å². The molecule has 1 unspecified atom stereocenters. The van der Waals surface area contributed by atoms with Gasteiger partial charge < -0.3 is 14.7 Å². The number of carbonyl (C=O) groups is 1. The Morgan fingerprint density at radius 2 is 1.85 bits per heavy atom. The minimum Gasteiger partial charge on any atom is -0.390 e. The second-order valence-corrected chi connectivity index (χ2v) is 8.19. The predicted molar refractivity (Wildman–Crippen MR) is 102 cm³/mol. The van der Waals surface area contributed by atoms with Crippen molar-refractivity contribution in [3.8, 4) is 0 Å². The lowest BCUT2D eigenvalue weighted by Crippen LogP contribution is -2.54. The molecule has 2 heterocycles. The summed E-state index contributed by atoms with van der Waals surface area (Å²) in [5, 5.41) is 12.8. The molecule has 1 atom stereocenters. The van der Waals surface area contributed by atoms with Crippen molar-refractivity contribution in [1.82, 2.24) is 4.90 Å². The van der Waals surface area contributed by atoms with Gasteiger partial charge in [0.2, 0.25) is 5.91 Å². The molecule has 0 aromatic heterocycles. The normalized spacial score (nSPS) is 25.5. The topological polar surface area (TPSA) is 49.8 Å². The molecule has 0 saturated carbocycles. The first-order chi connectivity index (χ1) is 12.4. The van der Waals surface area contributed by atoms with Gasteiger partial charge in [0, 0.05) is 19.5 Å². The van der Waals surface area contributed by atoms with Crippen molar-refractivity contribution in [2.75, 3.05) is 19.7 Å². The van der Waals surface area contributed by atoms with E-state index in [1.807, 2.05) is 30.0 Å². The molecule has 1 N–H and O–H groups in total. The summed E-state index contributed by atoms with van der Waals surface area (Å²) in [6, 6.07) is 14.5. The number of carbonyl (C=O) groups excluding carboxylic acids is 1. The van der Waals surface area contributed by atoms with Gasteiger partial charge in [-0.25, -0.2) is 0 Å². The Hall–Kier alpha value is -1.91. The lowest BCUT2D eigenvalue weighted by molar-refractivity contribution is -0.175. The first-order valence-corrected chi connectivity index (χ1v) is 9.57. The summed E-state index contributed by atoms with van der Waals surface area (Å²) in [7, 11) is 0. The van der Waals surface area contributed by atoms with Gasteiger partial charge in [0.15, 0.2) is 0 Å². The number of likely N-dealkylation sites (tertiary alicyclic amines) is 1. The van der Waals surface area contributed by atoms with Gasteiger partial charge in [0.25, 0.3) is 0 Å². The summed E-state index contributed by atoms with van der Waals surface area (Å²) >= 11 is 0. The quantitative estimate of drug-likeness (QED) is 0.901. The standard InChI is InChI=1S/C22H27NO3/c1-21(25)10-13-26-22(16-21)8-11-23(12-9-22)20(24)15-17-6-7-18-4-2-3-5-19(18)14-17/h2-7,14,25H,8-13,15-16H2,1H3. The average Bonchev–Trinajstić information content (AvgIpc) is 2.61. The van der Waals surface area contributed by atoms with Crippen LogP contribution in [0, 0.1) is 0 Å². The highest BCUT2D eigenvalue weighted by molar-refractivity contribution is 5.85. The number of hydrogen-bond acceptors (Lipinski definition) is 3. The third-order valence-corrected chi connectivity index (χ3v) is 5.95. The summed E-state index contributed by atoms with van der Waals surface area (Å²) < 4.78 is 6.04. The number of fused-ring (bicyclic) bond motifs is 1. The largest absolute Gasteiger partial charge is 0.390 e. The number of nitrogens with zero attached hydrogens (tertiary/aromatic N) is 1. The molecule has 2 aliphatic heterocycles. The van der Waals surface area contributed by atoms with Crippen LogP contribution >= 0.6 is 0 Å². The summed E-state index contributed by atoms with van der Waals surface area (Å²) in [6.45, 7) is 3.93. The summed E-state index contributed by atoms with van der Waals surface area (Å²) in [5.41, 5.74) is 0.169. The molecule has 4 nitrogen and oxygen atoms in total. The molecule has 0 aliphatic carbocycles. The number of amides is 1. The Balaban J connectivity index is 1.38. The number of piperidine rings is 1.